The van der Waals surface area contributed by atoms with Gasteiger partial charge in [-0.05, 0) is 17.7 Å². The van der Waals surface area contributed by atoms with E-state index in [9.17, 15) is 18.4 Å². The number of alkyl halides is 1. The molecular formula is C14H11F2NO3. The molecule has 1 heterocycles. The summed E-state index contributed by atoms with van der Waals surface area (Å²) in [6.45, 7) is -0.750. The number of carboxylic acids is 1. The Labute approximate surface area is 112 Å². The summed E-state index contributed by atoms with van der Waals surface area (Å²) in [6.07, 6.45) is 2.46. The highest BCUT2D eigenvalue weighted by molar-refractivity contribution is 5.88. The van der Waals surface area contributed by atoms with E-state index in [4.69, 9.17) is 5.11 Å². The summed E-state index contributed by atoms with van der Waals surface area (Å²) in [4.78, 5) is 23.1. The second-order valence-electron chi connectivity index (χ2n) is 4.15. The molecule has 1 aromatic carbocycles. The molecule has 0 aliphatic rings. The molecule has 0 unspecified atom stereocenters. The van der Waals surface area contributed by atoms with Crippen molar-refractivity contribution in [3.8, 4) is 11.1 Å². The topological polar surface area (TPSA) is 59.3 Å². The number of aromatic nitrogens is 1. The smallest absolute Gasteiger partial charge is 0.341 e. The largest absolute Gasteiger partial charge is 0.477 e. The highest BCUT2D eigenvalue weighted by Crippen LogP contribution is 2.16. The number of pyridine rings is 1. The van der Waals surface area contributed by atoms with Crippen molar-refractivity contribution < 1.29 is 18.7 Å². The molecule has 0 atom stereocenters. The van der Waals surface area contributed by atoms with Gasteiger partial charge >= 0.3 is 5.97 Å². The standard InChI is InChI=1S/C14H11F2NO3/c15-5-6-17-7-11(9-1-3-10(16)4-2-9)13(18)12(8-17)14(19)20/h1-4,7-8H,5-6H2,(H,19,20). The fourth-order valence-electron chi connectivity index (χ4n) is 1.85. The molecule has 0 aliphatic heterocycles. The number of nitrogens with zero attached hydrogens (tertiary/aromatic N) is 1. The van der Waals surface area contributed by atoms with Crippen LogP contribution >= 0.6 is 0 Å². The second kappa shape index (κ2) is 5.64. The van der Waals surface area contributed by atoms with E-state index in [0.29, 0.717) is 5.56 Å². The summed E-state index contributed by atoms with van der Waals surface area (Å²) in [6, 6.07) is 5.08. The number of carboxylic acid groups (broad SMARTS) is 1. The Morgan fingerprint density at radius 1 is 1.20 bits per heavy atom. The zero-order valence-electron chi connectivity index (χ0n) is 10.3. The van der Waals surface area contributed by atoms with E-state index in [1.807, 2.05) is 0 Å². The quantitative estimate of drug-likeness (QED) is 0.934. The van der Waals surface area contributed by atoms with Crippen molar-refractivity contribution in [1.29, 1.82) is 0 Å². The number of benzene rings is 1. The zero-order valence-corrected chi connectivity index (χ0v) is 10.3. The zero-order chi connectivity index (χ0) is 14.7. The Bertz CT molecular complexity index is 693. The first-order valence-electron chi connectivity index (χ1n) is 5.82. The highest BCUT2D eigenvalue weighted by atomic mass is 19.1. The number of halogens is 2. The summed E-state index contributed by atoms with van der Waals surface area (Å²) in [5, 5.41) is 9.01. The SMILES string of the molecule is O=C(O)c1cn(CCF)cc(-c2ccc(F)cc2)c1=O. The molecular weight excluding hydrogens is 268 g/mol. The molecule has 0 saturated heterocycles. The molecule has 2 rings (SSSR count). The maximum Gasteiger partial charge on any atom is 0.341 e. The Hall–Kier alpha value is -2.50. The van der Waals surface area contributed by atoms with Crippen LogP contribution in [0.3, 0.4) is 0 Å². The predicted octanol–water partition coefficient (Wildman–Crippen LogP) is 2.32. The van der Waals surface area contributed by atoms with Crippen molar-refractivity contribution in [3.63, 3.8) is 0 Å². The van der Waals surface area contributed by atoms with Gasteiger partial charge < -0.3 is 9.67 Å². The highest BCUT2D eigenvalue weighted by Gasteiger charge is 2.15. The van der Waals surface area contributed by atoms with Gasteiger partial charge in [-0.15, -0.1) is 0 Å². The summed E-state index contributed by atoms with van der Waals surface area (Å²) < 4.78 is 26.6. The molecule has 0 fully saturated rings. The molecule has 104 valence electrons. The molecule has 0 amide bonds. The van der Waals surface area contributed by atoms with Gasteiger partial charge in [0.2, 0.25) is 5.43 Å². The van der Waals surface area contributed by atoms with E-state index in [1.54, 1.807) is 0 Å². The van der Waals surface area contributed by atoms with Gasteiger partial charge in [0, 0.05) is 18.0 Å². The van der Waals surface area contributed by atoms with E-state index in [1.165, 1.54) is 35.0 Å². The molecule has 0 aliphatic carbocycles. The lowest BCUT2D eigenvalue weighted by atomic mass is 10.0. The van der Waals surface area contributed by atoms with Crippen LogP contribution in [0.2, 0.25) is 0 Å². The monoisotopic (exact) mass is 279 g/mol. The Morgan fingerprint density at radius 3 is 2.40 bits per heavy atom. The maximum atomic E-state index is 12.9. The van der Waals surface area contributed by atoms with Crippen LogP contribution in [0.15, 0.2) is 41.5 Å². The summed E-state index contributed by atoms with van der Waals surface area (Å²) >= 11 is 0. The van der Waals surface area contributed by atoms with Crippen molar-refractivity contribution >= 4 is 5.97 Å². The molecule has 1 N–H and O–H groups in total. The van der Waals surface area contributed by atoms with Gasteiger partial charge in [0.25, 0.3) is 0 Å². The van der Waals surface area contributed by atoms with Gasteiger partial charge in [-0.25, -0.2) is 13.6 Å². The van der Waals surface area contributed by atoms with Crippen LogP contribution in [0.5, 0.6) is 0 Å². The Morgan fingerprint density at radius 2 is 1.85 bits per heavy atom. The number of aryl methyl sites for hydroxylation is 1. The molecule has 1 aromatic heterocycles. The minimum atomic E-state index is -1.38. The first kappa shape index (κ1) is 13.9. The van der Waals surface area contributed by atoms with Gasteiger partial charge in [0.05, 0.1) is 6.54 Å². The van der Waals surface area contributed by atoms with Gasteiger partial charge in [-0.2, -0.15) is 0 Å². The van der Waals surface area contributed by atoms with Crippen molar-refractivity contribution in [2.24, 2.45) is 0 Å². The fourth-order valence-corrected chi connectivity index (χ4v) is 1.85. The third-order valence-electron chi connectivity index (χ3n) is 2.81. The van der Waals surface area contributed by atoms with Crippen LogP contribution < -0.4 is 5.43 Å². The van der Waals surface area contributed by atoms with Crippen LogP contribution in [0, 0.1) is 5.82 Å². The predicted molar refractivity (Wildman–Crippen MR) is 69.0 cm³/mol. The van der Waals surface area contributed by atoms with Crippen LogP contribution in [0.4, 0.5) is 8.78 Å². The van der Waals surface area contributed by atoms with Crippen molar-refractivity contribution in [2.75, 3.05) is 6.67 Å². The van der Waals surface area contributed by atoms with E-state index in [2.05, 4.69) is 0 Å². The summed E-state index contributed by atoms with van der Waals surface area (Å²) in [5.74, 6) is -1.85. The number of rotatable bonds is 4. The first-order chi connectivity index (χ1) is 9.52. The van der Waals surface area contributed by atoms with Gasteiger partial charge in [0.15, 0.2) is 0 Å². The molecule has 0 saturated carbocycles. The molecule has 0 radical (unpaired) electrons. The van der Waals surface area contributed by atoms with E-state index >= 15 is 0 Å². The van der Waals surface area contributed by atoms with Crippen LogP contribution in [0.25, 0.3) is 11.1 Å². The lowest BCUT2D eigenvalue weighted by molar-refractivity contribution is 0.0694. The van der Waals surface area contributed by atoms with Crippen LogP contribution in [-0.2, 0) is 6.54 Å². The van der Waals surface area contributed by atoms with Crippen LogP contribution in [-0.4, -0.2) is 22.3 Å². The Kier molecular flexibility index (Phi) is 3.93. The summed E-state index contributed by atoms with van der Waals surface area (Å²) in [5.41, 5.74) is -0.648. The van der Waals surface area contributed by atoms with Gasteiger partial charge in [-0.1, -0.05) is 12.1 Å². The van der Waals surface area contributed by atoms with Crippen molar-refractivity contribution in [1.82, 2.24) is 4.57 Å². The summed E-state index contributed by atoms with van der Waals surface area (Å²) in [7, 11) is 0. The fraction of sp³-hybridized carbons (Fsp3) is 0.143. The molecule has 0 spiro atoms. The van der Waals surface area contributed by atoms with Crippen LogP contribution in [0.1, 0.15) is 10.4 Å². The Balaban J connectivity index is 2.64. The third-order valence-corrected chi connectivity index (χ3v) is 2.81. The average molecular weight is 279 g/mol. The number of aromatic carboxylic acids is 1. The lowest BCUT2D eigenvalue weighted by Crippen LogP contribution is -2.20. The van der Waals surface area contributed by atoms with E-state index < -0.39 is 29.5 Å². The minimum absolute atomic E-state index is 0.0608. The second-order valence-corrected chi connectivity index (χ2v) is 4.15. The van der Waals surface area contributed by atoms with Gasteiger partial charge in [0.1, 0.15) is 18.1 Å². The molecule has 6 heteroatoms. The normalized spacial score (nSPS) is 10.5. The molecule has 20 heavy (non-hydrogen) atoms. The van der Waals surface area contributed by atoms with E-state index in [-0.39, 0.29) is 12.1 Å². The minimum Gasteiger partial charge on any atom is -0.477 e. The molecule has 2 aromatic rings. The van der Waals surface area contributed by atoms with Crippen molar-refractivity contribution in [2.45, 2.75) is 6.54 Å². The average Bonchev–Trinajstić information content (AvgIpc) is 2.41. The third kappa shape index (κ3) is 2.74. The number of hydrogen-bond donors (Lipinski definition) is 1. The molecule has 0 bridgehead atoms. The first-order valence-corrected chi connectivity index (χ1v) is 5.82. The number of carbonyl (C=O) groups is 1. The lowest BCUT2D eigenvalue weighted by Gasteiger charge is -2.09. The van der Waals surface area contributed by atoms with E-state index in [0.717, 1.165) is 6.20 Å². The van der Waals surface area contributed by atoms with Gasteiger partial charge in [-0.3, -0.25) is 4.79 Å². The van der Waals surface area contributed by atoms with Crippen molar-refractivity contribution in [3.05, 3.63) is 58.3 Å². The maximum absolute atomic E-state index is 12.9. The number of hydrogen-bond acceptors (Lipinski definition) is 2. The molecule has 4 nitrogen and oxygen atoms in total.